The minimum Gasteiger partial charge on any atom is -0.336 e. The maximum absolute atomic E-state index is 12.8. The molecule has 200 valence electrons. The highest BCUT2D eigenvalue weighted by atomic mass is 16.2. The number of carbonyl (C=O) groups excluding carboxylic acids is 2. The highest BCUT2D eigenvalue weighted by Crippen LogP contribution is 2.14. The van der Waals surface area contributed by atoms with Crippen LogP contribution in [0.25, 0.3) is 5.69 Å². The summed E-state index contributed by atoms with van der Waals surface area (Å²) in [6.45, 7) is 5.74. The van der Waals surface area contributed by atoms with E-state index in [9.17, 15) is 14.4 Å². The van der Waals surface area contributed by atoms with Gasteiger partial charge in [0.05, 0.1) is 5.69 Å². The van der Waals surface area contributed by atoms with Crippen LogP contribution in [0, 0.1) is 0 Å². The summed E-state index contributed by atoms with van der Waals surface area (Å²) in [5.41, 5.74) is 17.3. The highest BCUT2D eigenvalue weighted by molar-refractivity contribution is 5.89. The van der Waals surface area contributed by atoms with Crippen molar-refractivity contribution in [2.75, 3.05) is 51.1 Å². The Hall–Kier alpha value is -3.32. The third kappa shape index (κ3) is 6.92. The molecule has 3 amide bonds. The number of piperazine rings is 1. The number of amides is 3. The Bertz CT molecular complexity index is 1160. The van der Waals surface area contributed by atoms with E-state index >= 15 is 0 Å². The molecule has 2 aromatic rings. The molecule has 12 nitrogen and oxygen atoms in total. The van der Waals surface area contributed by atoms with Gasteiger partial charge in [0.15, 0.2) is 0 Å². The van der Waals surface area contributed by atoms with Crippen molar-refractivity contribution >= 4 is 17.8 Å². The van der Waals surface area contributed by atoms with Crippen LogP contribution >= 0.6 is 0 Å². The number of rotatable bonds is 6. The van der Waals surface area contributed by atoms with E-state index in [1.165, 1.54) is 11.5 Å². The van der Waals surface area contributed by atoms with Crippen molar-refractivity contribution in [3.05, 3.63) is 52.6 Å². The summed E-state index contributed by atoms with van der Waals surface area (Å²) >= 11 is 0. The molecular weight excluding hydrogens is 474 g/mol. The number of benzene rings is 1. The average molecular weight is 512 g/mol. The predicted molar refractivity (Wildman–Crippen MR) is 141 cm³/mol. The second-order valence-electron chi connectivity index (χ2n) is 10.1. The van der Waals surface area contributed by atoms with Crippen molar-refractivity contribution in [3.8, 4) is 5.69 Å². The lowest BCUT2D eigenvalue weighted by molar-refractivity contribution is -0.137. The van der Waals surface area contributed by atoms with Crippen LogP contribution in [0.4, 0.5) is 10.6 Å². The van der Waals surface area contributed by atoms with E-state index in [0.29, 0.717) is 32.2 Å². The van der Waals surface area contributed by atoms with Gasteiger partial charge in [0.25, 0.3) is 5.91 Å². The van der Waals surface area contributed by atoms with Crippen LogP contribution in [0.1, 0.15) is 25.3 Å². The molecule has 2 fully saturated rings. The fraction of sp³-hybridized carbons (Fsp3) is 0.520. The summed E-state index contributed by atoms with van der Waals surface area (Å²) in [6.07, 6.45) is 4.55. The van der Waals surface area contributed by atoms with Crippen LogP contribution in [0.2, 0.25) is 0 Å². The van der Waals surface area contributed by atoms with Crippen molar-refractivity contribution in [1.29, 1.82) is 0 Å². The fourth-order valence-corrected chi connectivity index (χ4v) is 4.64. The molecule has 0 aliphatic carbocycles. The van der Waals surface area contributed by atoms with Gasteiger partial charge in [0.1, 0.15) is 11.5 Å². The van der Waals surface area contributed by atoms with E-state index in [-0.39, 0.29) is 17.8 Å². The number of carbonyl (C=O) groups is 2. The zero-order valence-corrected chi connectivity index (χ0v) is 21.3. The monoisotopic (exact) mass is 511 g/mol. The zero-order valence-electron chi connectivity index (χ0n) is 21.3. The predicted octanol–water partition coefficient (Wildman–Crippen LogP) is -0.492. The molecule has 0 spiro atoms. The molecular formula is C25H37N9O3. The van der Waals surface area contributed by atoms with E-state index in [2.05, 4.69) is 21.3 Å². The Labute approximate surface area is 216 Å². The lowest BCUT2D eigenvalue weighted by Gasteiger charge is -2.37. The largest absolute Gasteiger partial charge is 0.354 e. The number of nitrogens with two attached hydrogens (primary N) is 3. The van der Waals surface area contributed by atoms with Gasteiger partial charge in [0.2, 0.25) is 0 Å². The van der Waals surface area contributed by atoms with Crippen LogP contribution in [0.5, 0.6) is 0 Å². The van der Waals surface area contributed by atoms with Gasteiger partial charge in [-0.1, -0.05) is 12.1 Å². The van der Waals surface area contributed by atoms with E-state index in [0.717, 1.165) is 50.1 Å². The smallest absolute Gasteiger partial charge is 0.336 e. The minimum atomic E-state index is -1.44. The van der Waals surface area contributed by atoms with E-state index < -0.39 is 11.4 Å². The van der Waals surface area contributed by atoms with Gasteiger partial charge < -0.3 is 31.9 Å². The average Bonchev–Trinajstić information content (AvgIpc) is 2.88. The van der Waals surface area contributed by atoms with Crippen LogP contribution in [-0.2, 0) is 11.2 Å². The maximum atomic E-state index is 12.8. The second-order valence-corrected chi connectivity index (χ2v) is 10.1. The molecule has 2 aliphatic rings. The van der Waals surface area contributed by atoms with Gasteiger partial charge in [-0.2, -0.15) is 4.98 Å². The van der Waals surface area contributed by atoms with Crippen molar-refractivity contribution in [1.82, 2.24) is 24.3 Å². The Balaban J connectivity index is 1.33. The van der Waals surface area contributed by atoms with Gasteiger partial charge in [-0.05, 0) is 63.0 Å². The number of aromatic nitrogens is 2. The van der Waals surface area contributed by atoms with Crippen molar-refractivity contribution in [3.63, 3.8) is 0 Å². The lowest BCUT2D eigenvalue weighted by atomic mass is 10.0. The van der Waals surface area contributed by atoms with E-state index in [1.54, 1.807) is 22.1 Å². The maximum Gasteiger partial charge on any atom is 0.354 e. The summed E-state index contributed by atoms with van der Waals surface area (Å²) in [4.78, 5) is 47.2. The third-order valence-corrected chi connectivity index (χ3v) is 6.89. The molecule has 12 heteroatoms. The summed E-state index contributed by atoms with van der Waals surface area (Å²) in [5.74, 6) is -0.196. The zero-order chi connectivity index (χ0) is 26.6. The van der Waals surface area contributed by atoms with Crippen molar-refractivity contribution < 1.29 is 9.59 Å². The Kier molecular flexibility index (Phi) is 8.22. The minimum absolute atomic E-state index is 0.167. The molecule has 1 aromatic carbocycles. The summed E-state index contributed by atoms with van der Waals surface area (Å²) in [7, 11) is 0. The first-order valence-corrected chi connectivity index (χ1v) is 12.7. The van der Waals surface area contributed by atoms with Gasteiger partial charge in [0, 0.05) is 45.0 Å². The van der Waals surface area contributed by atoms with Crippen molar-refractivity contribution in [2.24, 2.45) is 17.2 Å². The molecule has 37 heavy (non-hydrogen) atoms. The standard InChI is InChI=1S/C25H37N9O3/c1-25(27,28)22(35)32-13-15-33(16-14-32)23(36)29-21-8-12-34(24(37)30-21)20-4-2-3-18(17-20)5-9-31-10-6-19(26)7-11-31/h2-4,8,12,17,19H,5-7,9-11,13-16,26-28H2,1H3,(H,29,30,36,37). The number of anilines is 1. The van der Waals surface area contributed by atoms with Crippen LogP contribution in [0.3, 0.4) is 0 Å². The first-order valence-electron chi connectivity index (χ1n) is 12.7. The Morgan fingerprint density at radius 3 is 2.38 bits per heavy atom. The number of urea groups is 1. The van der Waals surface area contributed by atoms with Crippen molar-refractivity contribution in [2.45, 2.75) is 37.9 Å². The fourth-order valence-electron chi connectivity index (χ4n) is 4.64. The quantitative estimate of drug-likeness (QED) is 0.377. The third-order valence-electron chi connectivity index (χ3n) is 6.89. The number of nitrogens with one attached hydrogen (secondary N) is 1. The molecule has 4 rings (SSSR count). The Morgan fingerprint density at radius 2 is 1.73 bits per heavy atom. The molecule has 0 saturated carbocycles. The highest BCUT2D eigenvalue weighted by Gasteiger charge is 2.32. The molecule has 0 bridgehead atoms. The first-order chi connectivity index (χ1) is 17.6. The molecule has 1 aromatic heterocycles. The van der Waals surface area contributed by atoms with Gasteiger partial charge in [-0.15, -0.1) is 0 Å². The first kappa shape index (κ1) is 26.7. The SMILES string of the molecule is CC(N)(N)C(=O)N1CCN(C(=O)Nc2ccn(-c3cccc(CCN4CCC(N)CC4)c3)c(=O)n2)CC1. The molecule has 0 radical (unpaired) electrons. The summed E-state index contributed by atoms with van der Waals surface area (Å²) in [6, 6.07) is 9.36. The summed E-state index contributed by atoms with van der Waals surface area (Å²) < 4.78 is 1.46. The molecule has 2 saturated heterocycles. The number of likely N-dealkylation sites (tertiary alicyclic amines) is 1. The van der Waals surface area contributed by atoms with E-state index in [1.807, 2.05) is 18.2 Å². The summed E-state index contributed by atoms with van der Waals surface area (Å²) in [5, 5.41) is 2.67. The topological polar surface area (TPSA) is 169 Å². The molecule has 3 heterocycles. The number of hydrogen-bond acceptors (Lipinski definition) is 8. The molecule has 2 aliphatic heterocycles. The van der Waals surface area contributed by atoms with Gasteiger partial charge >= 0.3 is 11.7 Å². The molecule has 0 atom stereocenters. The van der Waals surface area contributed by atoms with Crippen LogP contribution in [-0.4, -0.2) is 93.7 Å². The van der Waals surface area contributed by atoms with Crippen LogP contribution < -0.4 is 28.2 Å². The molecule has 7 N–H and O–H groups in total. The number of nitrogens with zero attached hydrogens (tertiary/aromatic N) is 5. The number of piperidine rings is 1. The van der Waals surface area contributed by atoms with Gasteiger partial charge in [-0.25, -0.2) is 9.59 Å². The van der Waals surface area contributed by atoms with E-state index in [4.69, 9.17) is 17.2 Å². The number of hydrogen-bond donors (Lipinski definition) is 4. The lowest BCUT2D eigenvalue weighted by Crippen LogP contribution is -2.63. The second kappa shape index (κ2) is 11.4. The normalized spacial score (nSPS) is 17.6. The molecule has 0 unspecified atom stereocenters. The van der Waals surface area contributed by atoms with Crippen LogP contribution in [0.15, 0.2) is 41.3 Å². The van der Waals surface area contributed by atoms with Gasteiger partial charge in [-0.3, -0.25) is 14.7 Å². The Morgan fingerprint density at radius 1 is 1.05 bits per heavy atom.